The van der Waals surface area contributed by atoms with E-state index in [1.807, 2.05) is 12.1 Å². The molecule has 3 heteroatoms. The zero-order chi connectivity index (χ0) is 12.0. The summed E-state index contributed by atoms with van der Waals surface area (Å²) >= 11 is 0. The van der Waals surface area contributed by atoms with Crippen LogP contribution in [0.4, 0.5) is 0 Å². The molecule has 2 aromatic rings. The van der Waals surface area contributed by atoms with E-state index in [-0.39, 0.29) is 0 Å². The molecule has 0 spiro atoms. The summed E-state index contributed by atoms with van der Waals surface area (Å²) in [6.45, 7) is 6.22. The summed E-state index contributed by atoms with van der Waals surface area (Å²) in [7, 11) is 0. The van der Waals surface area contributed by atoms with E-state index < -0.39 is 0 Å². The predicted molar refractivity (Wildman–Crippen MR) is 69.7 cm³/mol. The maximum absolute atomic E-state index is 10.2. The van der Waals surface area contributed by atoms with Gasteiger partial charge < -0.3 is 15.4 Å². The molecule has 0 amide bonds. The number of aromatic hydroxyl groups is 1. The van der Waals surface area contributed by atoms with Crippen molar-refractivity contribution in [1.29, 1.82) is 0 Å². The van der Waals surface area contributed by atoms with Crippen LogP contribution in [0.2, 0.25) is 0 Å². The summed E-state index contributed by atoms with van der Waals surface area (Å²) in [4.78, 5) is 3.39. The van der Waals surface area contributed by atoms with Crippen molar-refractivity contribution in [2.24, 2.45) is 0 Å². The summed E-state index contributed by atoms with van der Waals surface area (Å²) in [5.74, 6) is 0.876. The van der Waals surface area contributed by atoms with Crippen LogP contribution >= 0.6 is 0 Å². The molecule has 3 nitrogen and oxygen atoms in total. The average molecular weight is 230 g/mol. The highest BCUT2D eigenvalue weighted by molar-refractivity contribution is 5.90. The number of phenols is 1. The summed E-state index contributed by atoms with van der Waals surface area (Å²) in [6.07, 6.45) is 1.11. The van der Waals surface area contributed by atoms with Gasteiger partial charge in [-0.1, -0.05) is 0 Å². The van der Waals surface area contributed by atoms with Crippen molar-refractivity contribution in [3.63, 3.8) is 0 Å². The van der Waals surface area contributed by atoms with Gasteiger partial charge in [0, 0.05) is 34.6 Å². The summed E-state index contributed by atoms with van der Waals surface area (Å²) in [5.41, 5.74) is 4.71. The molecule has 17 heavy (non-hydrogen) atoms. The first-order valence-electron chi connectivity index (χ1n) is 6.20. The molecule has 1 aliphatic heterocycles. The number of benzene rings is 1. The van der Waals surface area contributed by atoms with Crippen LogP contribution in [0.1, 0.15) is 29.2 Å². The zero-order valence-electron chi connectivity index (χ0n) is 10.3. The second-order valence-electron chi connectivity index (χ2n) is 4.99. The smallest absolute Gasteiger partial charge is 0.119 e. The lowest BCUT2D eigenvalue weighted by Gasteiger charge is -2.13. The van der Waals surface area contributed by atoms with E-state index in [4.69, 9.17) is 0 Å². The molecule has 1 aromatic heterocycles. The fraction of sp³-hybridized carbons (Fsp3) is 0.429. The number of nitrogens with one attached hydrogen (secondary N) is 2. The fourth-order valence-corrected chi connectivity index (χ4v) is 2.91. The standard InChI is InChI=1S/C14H18N2O/c1-8-9(2)16-11-3-4-12(17)14(13(8)11)10-5-6-15-7-10/h3-4,10,15-17H,5-7H2,1-2H3. The van der Waals surface area contributed by atoms with Crippen molar-refractivity contribution in [3.05, 3.63) is 29.0 Å². The first kappa shape index (κ1) is 10.7. The van der Waals surface area contributed by atoms with Crippen LogP contribution in [0.5, 0.6) is 5.75 Å². The molecular weight excluding hydrogens is 212 g/mol. The number of rotatable bonds is 1. The zero-order valence-corrected chi connectivity index (χ0v) is 10.3. The Morgan fingerprint density at radius 2 is 2.12 bits per heavy atom. The highest BCUT2D eigenvalue weighted by Crippen LogP contribution is 2.38. The first-order valence-corrected chi connectivity index (χ1v) is 6.20. The molecule has 0 bridgehead atoms. The Bertz CT molecular complexity index is 565. The third-order valence-electron chi connectivity index (χ3n) is 3.95. The van der Waals surface area contributed by atoms with Gasteiger partial charge in [-0.05, 0) is 44.5 Å². The van der Waals surface area contributed by atoms with Crippen LogP contribution in [0, 0.1) is 13.8 Å². The van der Waals surface area contributed by atoms with Crippen LogP contribution in [-0.2, 0) is 0 Å². The minimum Gasteiger partial charge on any atom is -0.508 e. The predicted octanol–water partition coefficient (Wildman–Crippen LogP) is 2.57. The van der Waals surface area contributed by atoms with Gasteiger partial charge >= 0.3 is 0 Å². The lowest BCUT2D eigenvalue weighted by atomic mass is 9.92. The monoisotopic (exact) mass is 230 g/mol. The fourth-order valence-electron chi connectivity index (χ4n) is 2.91. The van der Waals surface area contributed by atoms with Crippen LogP contribution in [0.15, 0.2) is 12.1 Å². The van der Waals surface area contributed by atoms with Gasteiger partial charge in [0.2, 0.25) is 0 Å². The SMILES string of the molecule is Cc1[nH]c2ccc(O)c(C3CCNC3)c2c1C. The molecular formula is C14H18N2O. The van der Waals surface area contributed by atoms with E-state index in [0.717, 1.165) is 30.6 Å². The third-order valence-corrected chi connectivity index (χ3v) is 3.95. The minimum absolute atomic E-state index is 0.438. The van der Waals surface area contributed by atoms with E-state index in [1.165, 1.54) is 16.6 Å². The molecule has 1 saturated heterocycles. The normalized spacial score (nSPS) is 20.2. The summed E-state index contributed by atoms with van der Waals surface area (Å²) in [6, 6.07) is 3.78. The topological polar surface area (TPSA) is 48.0 Å². The van der Waals surface area contributed by atoms with Crippen molar-refractivity contribution < 1.29 is 5.11 Å². The number of aryl methyl sites for hydroxylation is 2. The average Bonchev–Trinajstić information content (AvgIpc) is 2.91. The maximum Gasteiger partial charge on any atom is 0.119 e. The number of fused-ring (bicyclic) bond motifs is 1. The van der Waals surface area contributed by atoms with E-state index in [1.54, 1.807) is 0 Å². The van der Waals surface area contributed by atoms with E-state index >= 15 is 0 Å². The molecule has 1 aliphatic rings. The van der Waals surface area contributed by atoms with Crippen molar-refractivity contribution in [2.45, 2.75) is 26.2 Å². The second kappa shape index (κ2) is 3.77. The summed E-state index contributed by atoms with van der Waals surface area (Å²) < 4.78 is 0. The largest absolute Gasteiger partial charge is 0.508 e. The molecule has 1 atom stereocenters. The van der Waals surface area contributed by atoms with Gasteiger partial charge in [-0.3, -0.25) is 0 Å². The molecule has 2 heterocycles. The van der Waals surface area contributed by atoms with E-state index in [9.17, 15) is 5.11 Å². The second-order valence-corrected chi connectivity index (χ2v) is 4.99. The Hall–Kier alpha value is -1.48. The van der Waals surface area contributed by atoms with Crippen molar-refractivity contribution in [2.75, 3.05) is 13.1 Å². The molecule has 0 radical (unpaired) electrons. The van der Waals surface area contributed by atoms with Gasteiger partial charge in [0.25, 0.3) is 0 Å². The van der Waals surface area contributed by atoms with Crippen LogP contribution < -0.4 is 5.32 Å². The molecule has 1 aromatic carbocycles. The van der Waals surface area contributed by atoms with Crippen molar-refractivity contribution in [1.82, 2.24) is 10.3 Å². The molecule has 1 unspecified atom stereocenters. The Labute approximate surface area is 101 Å². The number of H-pyrrole nitrogens is 1. The Morgan fingerprint density at radius 3 is 2.82 bits per heavy atom. The molecule has 90 valence electrons. The quantitative estimate of drug-likeness (QED) is 0.705. The van der Waals surface area contributed by atoms with Gasteiger partial charge in [0.1, 0.15) is 5.75 Å². The Kier molecular flexibility index (Phi) is 2.37. The van der Waals surface area contributed by atoms with Crippen LogP contribution in [0.3, 0.4) is 0 Å². The lowest BCUT2D eigenvalue weighted by molar-refractivity contribution is 0.464. The Morgan fingerprint density at radius 1 is 1.29 bits per heavy atom. The van der Waals surface area contributed by atoms with Gasteiger partial charge in [-0.25, -0.2) is 0 Å². The van der Waals surface area contributed by atoms with Gasteiger partial charge in [0.15, 0.2) is 0 Å². The highest BCUT2D eigenvalue weighted by atomic mass is 16.3. The van der Waals surface area contributed by atoms with Crippen molar-refractivity contribution >= 4 is 10.9 Å². The van der Waals surface area contributed by atoms with Crippen LogP contribution in [-0.4, -0.2) is 23.2 Å². The molecule has 0 aliphatic carbocycles. The molecule has 0 saturated carbocycles. The summed E-state index contributed by atoms with van der Waals surface area (Å²) in [5, 5.41) is 14.7. The van der Waals surface area contributed by atoms with E-state index in [0.29, 0.717) is 11.7 Å². The highest BCUT2D eigenvalue weighted by Gasteiger charge is 2.23. The van der Waals surface area contributed by atoms with Gasteiger partial charge in [-0.2, -0.15) is 0 Å². The molecule has 1 fully saturated rings. The van der Waals surface area contributed by atoms with Crippen molar-refractivity contribution in [3.8, 4) is 5.75 Å². The van der Waals surface area contributed by atoms with E-state index in [2.05, 4.69) is 24.1 Å². The number of hydrogen-bond acceptors (Lipinski definition) is 2. The lowest BCUT2D eigenvalue weighted by Crippen LogP contribution is -2.08. The molecule has 3 rings (SSSR count). The van der Waals surface area contributed by atoms with Crippen LogP contribution in [0.25, 0.3) is 10.9 Å². The van der Waals surface area contributed by atoms with Gasteiger partial charge in [0.05, 0.1) is 0 Å². The number of aromatic amines is 1. The number of aromatic nitrogens is 1. The number of phenolic OH excluding ortho intramolecular Hbond substituents is 1. The Balaban J connectivity index is 2.29. The maximum atomic E-state index is 10.2. The van der Waals surface area contributed by atoms with Gasteiger partial charge in [-0.15, -0.1) is 0 Å². The minimum atomic E-state index is 0.438. The number of hydrogen-bond donors (Lipinski definition) is 3. The third kappa shape index (κ3) is 1.53. The first-order chi connectivity index (χ1) is 8.18. The molecule has 3 N–H and O–H groups in total.